The second-order valence-corrected chi connectivity index (χ2v) is 39.8. The number of nitrogens with zero attached hydrogens (tertiary/aromatic N) is 19. The van der Waals surface area contributed by atoms with Crippen molar-refractivity contribution < 1.29 is 37.9 Å². The average Bonchev–Trinajstić information content (AvgIpc) is 1.67. The molecule has 34 nitrogen and oxygen atoms in total. The van der Waals surface area contributed by atoms with E-state index in [0.717, 1.165) is 170 Å². The van der Waals surface area contributed by atoms with E-state index in [0.29, 0.717) is 150 Å². The van der Waals surface area contributed by atoms with Crippen molar-refractivity contribution in [3.8, 4) is 102 Å². The fourth-order valence-electron chi connectivity index (χ4n) is 21.5. The number of fused-ring (bicyclic) bond motifs is 9. The number of hydrogen-bond donors (Lipinski definition) is 2. The van der Waals surface area contributed by atoms with E-state index in [4.69, 9.17) is 57.8 Å². The molecule has 16 aromatic rings. The van der Waals surface area contributed by atoms with Crippen molar-refractivity contribution in [2.75, 3.05) is 165 Å². The lowest BCUT2D eigenvalue weighted by Crippen LogP contribution is -2.55. The highest BCUT2D eigenvalue weighted by Crippen LogP contribution is 2.41. The molecule has 2 bridgehead atoms. The van der Waals surface area contributed by atoms with Crippen LogP contribution in [0, 0.1) is 39.5 Å². The fraction of sp³-hybridized carbons (Fsp3) is 0.357. The Morgan fingerprint density at radius 3 is 1.26 bits per heavy atom. The van der Waals surface area contributed by atoms with E-state index in [-0.39, 0.29) is 27.8 Å². The lowest BCUT2D eigenvalue weighted by atomic mass is 9.97. The van der Waals surface area contributed by atoms with Crippen LogP contribution in [0.3, 0.4) is 0 Å². The number of likely N-dealkylation sites (tertiary alicyclic amines) is 1. The molecule has 19 heterocycles. The third-order valence-electron chi connectivity index (χ3n) is 29.8. The summed E-state index contributed by atoms with van der Waals surface area (Å²) in [5, 5.41) is 11.6. The standard InChI is InChI=1S/C24H28N4O3.C24H30N4O3.C23H27N7O.C23H23N3O3.C21H21N3O3/c1-15-7-19(27-12-17-10-26(2)11-18(17)13-27)14-28-23(29)9-20(25-24(15)28)16-5-6-21(30-3)22(8-16)31-4;1-16-12-19(27-10-8-18(9-11-27)26(2)3)15-28-23(29)14-20(25-24(16)28)17-6-7-21(30-4)22(13-17)31-5;1-14-10-30-21(17(4)24-14)8-20(26-30)19-9-23(31)29-13-18(6-7-22(29)25-19)28-11-15(2)27(5)16(3)12-28;1-28-20-7-3-14(11-21(20)29-2)19-12-23(27)26-13-15(4-8-22(26)25-19)16-9-17-5-6-18(10-16)24-17;1-26-18-7-5-14(10-19(18)27-2)17-11-21(25)24-13-16(6-8-20(24)23-17)15-4-3-9-22-12-15/h5-9,14,17-18H,10-13H2,1-4H3;6-7,12-15,18H,8-11H2,1-5H3;6-10,13,15-16H,11-12H2,1-5H3;3-4,7-9,11-13,17-18,24H,5-6,10H2,1-2H3;4-8,10-11,13,22H,3,9,12H2,1-2H3/t17-,18+;;15-,16+;17-,18+;/m...1./s1. The van der Waals surface area contributed by atoms with Gasteiger partial charge < -0.3 is 73.0 Å². The third-order valence-corrected chi connectivity index (χ3v) is 29.8. The van der Waals surface area contributed by atoms with Crippen molar-refractivity contribution in [1.29, 1.82) is 0 Å². The summed E-state index contributed by atoms with van der Waals surface area (Å²) in [4.78, 5) is 107. The Morgan fingerprint density at radius 2 is 0.799 bits per heavy atom. The van der Waals surface area contributed by atoms with Crippen LogP contribution < -0.4 is 91.0 Å². The molecule has 4 aromatic carbocycles. The van der Waals surface area contributed by atoms with E-state index in [1.807, 2.05) is 168 Å². The molecule has 772 valence electrons. The number of ether oxygens (including phenoxy) is 8. The van der Waals surface area contributed by atoms with Gasteiger partial charge in [-0.3, -0.25) is 55.9 Å². The predicted molar refractivity (Wildman–Crippen MR) is 585 cm³/mol. The van der Waals surface area contributed by atoms with Crippen molar-refractivity contribution >= 4 is 62.0 Å². The first-order chi connectivity index (χ1) is 72.0. The number of piperazine rings is 1. The molecule has 0 amide bonds. The molecule has 2 N–H and O–H groups in total. The maximum atomic E-state index is 13.1. The van der Waals surface area contributed by atoms with Crippen LogP contribution in [-0.4, -0.2) is 257 Å². The van der Waals surface area contributed by atoms with Gasteiger partial charge in [0.15, 0.2) is 46.0 Å². The summed E-state index contributed by atoms with van der Waals surface area (Å²) in [6.07, 6.45) is 22.6. The van der Waals surface area contributed by atoms with E-state index in [9.17, 15) is 24.0 Å². The number of pyridine rings is 5. The Labute approximate surface area is 864 Å². The van der Waals surface area contributed by atoms with E-state index in [2.05, 4.69) is 134 Å². The molecule has 0 spiro atoms. The molecule has 0 unspecified atom stereocenters. The van der Waals surface area contributed by atoms with Gasteiger partial charge in [0.05, 0.1) is 126 Å². The van der Waals surface area contributed by atoms with Gasteiger partial charge in [0, 0.05) is 173 Å². The number of aryl methyl sites for hydroxylation is 4. The van der Waals surface area contributed by atoms with Crippen LogP contribution in [0.4, 0.5) is 17.1 Å². The summed E-state index contributed by atoms with van der Waals surface area (Å²) in [7, 11) is 21.4. The zero-order valence-corrected chi connectivity index (χ0v) is 87.8. The van der Waals surface area contributed by atoms with Gasteiger partial charge in [-0.05, 0) is 287 Å². The highest BCUT2D eigenvalue weighted by Gasteiger charge is 2.40. The first kappa shape index (κ1) is 102. The molecule has 0 aliphatic carbocycles. The van der Waals surface area contributed by atoms with Gasteiger partial charge in [-0.2, -0.15) is 5.10 Å². The van der Waals surface area contributed by atoms with Crippen molar-refractivity contribution in [3.05, 3.63) is 292 Å². The number of rotatable bonds is 19. The summed E-state index contributed by atoms with van der Waals surface area (Å²) >= 11 is 0. The number of aromatic nitrogens is 13. The van der Waals surface area contributed by atoms with E-state index >= 15 is 0 Å². The monoisotopic (exact) mass is 2010 g/mol. The summed E-state index contributed by atoms with van der Waals surface area (Å²) < 4.78 is 52.7. The topological polar surface area (TPSA) is 319 Å². The highest BCUT2D eigenvalue weighted by atomic mass is 16.5. The van der Waals surface area contributed by atoms with Crippen molar-refractivity contribution in [3.63, 3.8) is 0 Å². The van der Waals surface area contributed by atoms with Crippen molar-refractivity contribution in [2.45, 2.75) is 110 Å². The summed E-state index contributed by atoms with van der Waals surface area (Å²) in [6, 6.07) is 50.6. The average molecular weight is 2010 g/mol. The molecular formula is C115H129N21O13. The number of piperidine rings is 1. The van der Waals surface area contributed by atoms with E-state index in [1.54, 1.807) is 114 Å². The van der Waals surface area contributed by atoms with Gasteiger partial charge in [0.25, 0.3) is 27.8 Å². The zero-order chi connectivity index (χ0) is 104. The molecule has 0 radical (unpaired) electrons. The minimum Gasteiger partial charge on any atom is -0.493 e. The van der Waals surface area contributed by atoms with Gasteiger partial charge in [-0.1, -0.05) is 12.2 Å². The van der Waals surface area contributed by atoms with Crippen LogP contribution in [0.1, 0.15) is 86.0 Å². The molecule has 23 rings (SSSR count). The maximum absolute atomic E-state index is 13.1. The van der Waals surface area contributed by atoms with Crippen LogP contribution >= 0.6 is 0 Å². The molecule has 12 aromatic heterocycles. The van der Waals surface area contributed by atoms with Gasteiger partial charge in [-0.15, -0.1) is 0 Å². The number of methoxy groups -OCH3 is 8. The van der Waals surface area contributed by atoms with Crippen LogP contribution in [0.5, 0.6) is 46.0 Å². The molecule has 7 aliphatic rings. The minimum atomic E-state index is -0.115. The number of benzene rings is 4. The highest BCUT2D eigenvalue weighted by molar-refractivity contribution is 5.75. The first-order valence-electron chi connectivity index (χ1n) is 50.6. The lowest BCUT2D eigenvalue weighted by Gasteiger charge is -2.43. The molecule has 5 saturated heterocycles. The van der Waals surface area contributed by atoms with Gasteiger partial charge in [0.2, 0.25) is 0 Å². The first-order valence-corrected chi connectivity index (χ1v) is 50.6. The van der Waals surface area contributed by atoms with Crippen LogP contribution in [0.2, 0.25) is 0 Å². The van der Waals surface area contributed by atoms with Crippen LogP contribution in [0.15, 0.2) is 231 Å². The Kier molecular flexibility index (Phi) is 30.0. The number of likely N-dealkylation sites (N-methyl/N-ethyl adjacent to an activating group) is 1. The van der Waals surface area contributed by atoms with E-state index < -0.39 is 0 Å². The SMILES string of the molecule is COc1ccc(-c2cc(=O)n3cc(C4=CCCNC4)ccc3n2)cc1OC.COc1ccc(-c2cc(=O)n3cc(C4=C[C@H]5CC[C@@H](C4)N5)ccc3n2)cc1OC.COc1ccc(-c2cc(=O)n3cc(N4CCC(N(C)C)CC4)cc(C)c3n2)cc1OC.COc1ccc(-c2cc(=O)n3cc(N4C[C@H]5CN(C)C[C@H]5C4)cc(C)c3n2)cc1OC.Cc1cn2nc(-c3cc(=O)n4cc(N5C[C@@H](C)N(C)[C@@H](C)C5)ccc4n3)cc2c(C)n1. The van der Waals surface area contributed by atoms with Crippen LogP contribution in [0.25, 0.3) is 101 Å². The maximum Gasteiger partial charge on any atom is 0.258 e. The molecule has 149 heavy (non-hydrogen) atoms. The van der Waals surface area contributed by atoms with E-state index in [1.165, 1.54) is 24.0 Å². The second kappa shape index (κ2) is 43.8. The van der Waals surface area contributed by atoms with Crippen molar-refractivity contribution in [1.82, 2.24) is 86.9 Å². The smallest absolute Gasteiger partial charge is 0.258 e. The van der Waals surface area contributed by atoms with Gasteiger partial charge in [-0.25, -0.2) is 29.4 Å². The number of hydrogen-bond acceptors (Lipinski definition) is 28. The Bertz CT molecular complexity index is 8140. The largest absolute Gasteiger partial charge is 0.493 e. The van der Waals surface area contributed by atoms with Gasteiger partial charge in [0.1, 0.15) is 33.9 Å². The molecule has 0 saturated carbocycles. The fourth-order valence-corrected chi connectivity index (χ4v) is 21.5. The molecule has 7 aliphatic heterocycles. The Hall–Kier alpha value is -15.6. The quantitative estimate of drug-likeness (QED) is 0.0759. The van der Waals surface area contributed by atoms with Crippen molar-refractivity contribution in [2.24, 2.45) is 11.8 Å². The summed E-state index contributed by atoms with van der Waals surface area (Å²) in [5.74, 6) is 6.41. The third kappa shape index (κ3) is 21.7. The summed E-state index contributed by atoms with van der Waals surface area (Å²) in [6.45, 7) is 22.4. The predicted octanol–water partition coefficient (Wildman–Crippen LogP) is 14.5. The Morgan fingerprint density at radius 1 is 0.383 bits per heavy atom. The van der Waals surface area contributed by atoms with Crippen LogP contribution in [-0.2, 0) is 0 Å². The molecule has 34 heteroatoms. The number of anilines is 3. The summed E-state index contributed by atoms with van der Waals surface area (Å²) in [5.41, 5.74) is 22.2. The molecule has 5 fully saturated rings. The Balaban J connectivity index is 0.000000117. The lowest BCUT2D eigenvalue weighted by molar-refractivity contribution is 0.170. The zero-order valence-electron chi connectivity index (χ0n) is 87.8. The normalized spacial score (nSPS) is 18.2. The minimum absolute atomic E-state index is 0.0844. The number of nitrogens with one attached hydrogen (secondary N) is 2. The molecular weight excluding hydrogens is 1880 g/mol. The second-order valence-electron chi connectivity index (χ2n) is 39.8. The van der Waals surface area contributed by atoms with Gasteiger partial charge >= 0.3 is 0 Å². The molecule has 6 atom stereocenters.